The van der Waals surface area contributed by atoms with Crippen molar-refractivity contribution in [2.45, 2.75) is 37.6 Å². The van der Waals surface area contributed by atoms with Gasteiger partial charge < -0.3 is 35.1 Å². The molecule has 0 aliphatic carbocycles. The Morgan fingerprint density at radius 3 is 2.81 bits per heavy atom. The van der Waals surface area contributed by atoms with Crippen LogP contribution in [0.25, 0.3) is 10.9 Å². The number of hydrogen-bond donors (Lipinski definition) is 5. The highest BCUT2D eigenvalue weighted by molar-refractivity contribution is 9.10. The second-order valence-corrected chi connectivity index (χ2v) is 7.22. The Kier molecular flexibility index (Phi) is 5.75. The number of aromatic amines is 1. The average Bonchev–Trinajstić information content (AvgIpc) is 3.01. The molecule has 1 amide bonds. The molecule has 5 atom stereocenters. The summed E-state index contributed by atoms with van der Waals surface area (Å²) in [5.41, 5.74) is 0.722. The van der Waals surface area contributed by atoms with E-state index in [1.807, 2.05) is 0 Å². The predicted molar refractivity (Wildman–Crippen MR) is 97.0 cm³/mol. The molecule has 0 radical (unpaired) electrons. The maximum Gasteiger partial charge on any atom is 0.223 e. The van der Waals surface area contributed by atoms with Crippen molar-refractivity contribution in [3.8, 4) is 5.75 Å². The maximum absolute atomic E-state index is 11.5. The molecule has 5 N–H and O–H groups in total. The van der Waals surface area contributed by atoms with E-state index in [9.17, 15) is 20.1 Å². The lowest BCUT2D eigenvalue weighted by atomic mass is 9.97. The number of aromatic nitrogens is 1. The zero-order valence-electron chi connectivity index (χ0n) is 13.6. The van der Waals surface area contributed by atoms with Gasteiger partial charge in [0.2, 0.25) is 12.2 Å². The topological polar surface area (TPSA) is 124 Å². The van der Waals surface area contributed by atoms with E-state index in [4.69, 9.17) is 21.1 Å². The van der Waals surface area contributed by atoms with Gasteiger partial charge in [-0.25, -0.2) is 0 Å². The van der Waals surface area contributed by atoms with Crippen molar-refractivity contribution in [2.24, 2.45) is 0 Å². The van der Waals surface area contributed by atoms with Crippen LogP contribution in [-0.2, 0) is 9.53 Å². The summed E-state index contributed by atoms with van der Waals surface area (Å²) >= 11 is 9.68. The maximum atomic E-state index is 11.5. The molecule has 0 unspecified atom stereocenters. The number of H-pyrrole nitrogens is 1. The first kappa shape index (κ1) is 19.4. The summed E-state index contributed by atoms with van der Waals surface area (Å²) in [6.07, 6.45) is -3.40. The zero-order chi connectivity index (χ0) is 19.0. The number of aliphatic hydroxyl groups excluding tert-OH is 3. The highest BCUT2D eigenvalue weighted by Crippen LogP contribution is 2.38. The van der Waals surface area contributed by atoms with Crippen LogP contribution in [0, 0.1) is 0 Å². The van der Waals surface area contributed by atoms with Crippen LogP contribution in [0.15, 0.2) is 22.8 Å². The van der Waals surface area contributed by atoms with Crippen molar-refractivity contribution in [1.82, 2.24) is 10.3 Å². The largest absolute Gasteiger partial charge is 0.460 e. The summed E-state index contributed by atoms with van der Waals surface area (Å²) in [5, 5.41) is 33.3. The van der Waals surface area contributed by atoms with Crippen molar-refractivity contribution in [3.63, 3.8) is 0 Å². The number of hydrogen-bond acceptors (Lipinski definition) is 6. The van der Waals surface area contributed by atoms with Gasteiger partial charge in [0.15, 0.2) is 0 Å². The van der Waals surface area contributed by atoms with Gasteiger partial charge in [0.25, 0.3) is 0 Å². The quantitative estimate of drug-likeness (QED) is 0.473. The van der Waals surface area contributed by atoms with Crippen LogP contribution in [0.1, 0.15) is 6.92 Å². The number of carbonyl (C=O) groups is 1. The van der Waals surface area contributed by atoms with E-state index < -0.39 is 43.2 Å². The molecule has 0 spiro atoms. The number of carbonyl (C=O) groups excluding carboxylic acids is 1. The third kappa shape index (κ3) is 3.55. The van der Waals surface area contributed by atoms with E-state index in [0.717, 1.165) is 5.52 Å². The van der Waals surface area contributed by atoms with Crippen LogP contribution >= 0.6 is 27.5 Å². The number of aliphatic hydroxyl groups is 3. The predicted octanol–water partition coefficient (Wildman–Crippen LogP) is 0.906. The number of ether oxygens (including phenoxy) is 2. The lowest BCUT2D eigenvalue weighted by molar-refractivity contribution is -0.244. The number of fused-ring (bicyclic) bond motifs is 1. The SMILES string of the molecule is CC(=O)N[C@H]1[C@H](Oc2c[nH]c3ccc(Br)c(Cl)c23)O[C@H](CO)[C@@H](O)[C@H]1O. The highest BCUT2D eigenvalue weighted by Gasteiger charge is 2.46. The molecule has 1 aromatic carbocycles. The minimum atomic E-state index is -1.39. The number of rotatable bonds is 4. The molecule has 10 heteroatoms. The van der Waals surface area contributed by atoms with Gasteiger partial charge in [-0.05, 0) is 28.1 Å². The molecule has 2 heterocycles. The molecule has 3 rings (SSSR count). The molecule has 26 heavy (non-hydrogen) atoms. The fraction of sp³-hybridized carbons (Fsp3) is 0.438. The molecular formula is C16H18BrClN2O6. The van der Waals surface area contributed by atoms with Gasteiger partial charge in [0, 0.05) is 17.6 Å². The summed E-state index contributed by atoms with van der Waals surface area (Å²) in [6.45, 7) is 0.749. The molecule has 8 nitrogen and oxygen atoms in total. The molecule has 0 saturated carbocycles. The average molecular weight is 450 g/mol. The Morgan fingerprint density at radius 2 is 2.15 bits per heavy atom. The second kappa shape index (κ2) is 7.71. The number of nitrogens with one attached hydrogen (secondary N) is 2. The molecule has 1 aliphatic rings. The Morgan fingerprint density at radius 1 is 1.42 bits per heavy atom. The van der Waals surface area contributed by atoms with Gasteiger partial charge in [-0.3, -0.25) is 4.79 Å². The van der Waals surface area contributed by atoms with Gasteiger partial charge in [0.1, 0.15) is 30.1 Å². The van der Waals surface area contributed by atoms with Crippen LogP contribution in [-0.4, -0.2) is 63.5 Å². The molecule has 142 valence electrons. The number of halogens is 2. The number of benzene rings is 1. The van der Waals surface area contributed by atoms with Crippen LogP contribution in [0.5, 0.6) is 5.75 Å². The first-order valence-electron chi connectivity index (χ1n) is 7.84. The van der Waals surface area contributed by atoms with E-state index >= 15 is 0 Å². The van der Waals surface area contributed by atoms with E-state index in [0.29, 0.717) is 20.6 Å². The van der Waals surface area contributed by atoms with Crippen LogP contribution < -0.4 is 10.1 Å². The van der Waals surface area contributed by atoms with Gasteiger partial charge in [-0.2, -0.15) is 0 Å². The zero-order valence-corrected chi connectivity index (χ0v) is 16.0. The summed E-state index contributed by atoms with van der Waals surface area (Å²) < 4.78 is 12.1. The first-order chi connectivity index (χ1) is 12.3. The number of amides is 1. The Labute approximate surface area is 162 Å². The fourth-order valence-electron chi connectivity index (χ4n) is 2.92. The standard InChI is InChI=1S/C16H18BrClN2O6/c1-6(22)20-13-15(24)14(23)10(5-21)26-16(13)25-9-4-19-8-3-2-7(17)12(18)11(8)9/h2-4,10,13-16,19,21,23-24H,5H2,1H3,(H,20,22)/t10-,13-,14-,15+,16-/m1/s1. The second-order valence-electron chi connectivity index (χ2n) is 5.99. The molecular weight excluding hydrogens is 432 g/mol. The van der Waals surface area contributed by atoms with E-state index in [-0.39, 0.29) is 0 Å². The molecule has 0 bridgehead atoms. The third-order valence-corrected chi connectivity index (χ3v) is 5.48. The van der Waals surface area contributed by atoms with E-state index in [2.05, 4.69) is 26.2 Å². The van der Waals surface area contributed by atoms with Gasteiger partial charge in [0.05, 0.1) is 22.5 Å². The third-order valence-electron chi connectivity index (χ3n) is 4.19. The highest BCUT2D eigenvalue weighted by atomic mass is 79.9. The normalized spacial score (nSPS) is 28.9. The Hall–Kier alpha value is -1.36. The monoisotopic (exact) mass is 448 g/mol. The molecule has 1 fully saturated rings. The molecule has 1 aliphatic heterocycles. The summed E-state index contributed by atoms with van der Waals surface area (Å²) in [4.78, 5) is 14.5. The van der Waals surface area contributed by atoms with Gasteiger partial charge in [-0.1, -0.05) is 11.6 Å². The molecule has 2 aromatic rings. The van der Waals surface area contributed by atoms with Crippen molar-refractivity contribution < 1.29 is 29.6 Å². The minimum Gasteiger partial charge on any atom is -0.460 e. The van der Waals surface area contributed by atoms with Crippen LogP contribution in [0.2, 0.25) is 5.02 Å². The summed E-state index contributed by atoms with van der Waals surface area (Å²) in [7, 11) is 0. The Bertz CT molecular complexity index is 815. The van der Waals surface area contributed by atoms with Crippen molar-refractivity contribution in [1.29, 1.82) is 0 Å². The van der Waals surface area contributed by atoms with E-state index in [1.54, 1.807) is 18.3 Å². The van der Waals surface area contributed by atoms with E-state index in [1.165, 1.54) is 6.92 Å². The molecule has 1 saturated heterocycles. The summed E-state index contributed by atoms with van der Waals surface area (Å²) in [6, 6.07) is 2.55. The lowest BCUT2D eigenvalue weighted by Crippen LogP contribution is -2.65. The van der Waals surface area contributed by atoms with Crippen molar-refractivity contribution in [3.05, 3.63) is 27.8 Å². The molecule has 1 aromatic heterocycles. The minimum absolute atomic E-state index is 0.340. The smallest absolute Gasteiger partial charge is 0.223 e. The Balaban J connectivity index is 1.95. The van der Waals surface area contributed by atoms with Crippen LogP contribution in [0.3, 0.4) is 0 Å². The first-order valence-corrected chi connectivity index (χ1v) is 9.02. The van der Waals surface area contributed by atoms with Crippen molar-refractivity contribution in [2.75, 3.05) is 6.61 Å². The van der Waals surface area contributed by atoms with Gasteiger partial charge in [-0.15, -0.1) is 0 Å². The van der Waals surface area contributed by atoms with Crippen molar-refractivity contribution >= 4 is 44.3 Å². The fourth-order valence-corrected chi connectivity index (χ4v) is 3.50. The van der Waals surface area contributed by atoms with Gasteiger partial charge >= 0.3 is 0 Å². The summed E-state index contributed by atoms with van der Waals surface area (Å²) in [5.74, 6) is -0.0902. The van der Waals surface area contributed by atoms with Crippen LogP contribution in [0.4, 0.5) is 0 Å². The lowest BCUT2D eigenvalue weighted by Gasteiger charge is -2.41.